The van der Waals surface area contributed by atoms with Crippen molar-refractivity contribution in [3.05, 3.63) is 0 Å². The minimum atomic E-state index is -4.10. The molecule has 0 spiro atoms. The van der Waals surface area contributed by atoms with Crippen LogP contribution in [0.4, 0.5) is 13.2 Å². The molecule has 5 heteroatoms. The highest BCUT2D eigenvalue weighted by Gasteiger charge is 2.31. The van der Waals surface area contributed by atoms with Crippen molar-refractivity contribution in [1.29, 1.82) is 0 Å². The van der Waals surface area contributed by atoms with E-state index in [4.69, 9.17) is 0 Å². The van der Waals surface area contributed by atoms with Crippen molar-refractivity contribution in [3.63, 3.8) is 0 Å². The van der Waals surface area contributed by atoms with E-state index in [0.29, 0.717) is 5.92 Å². The molecular formula is C13H25F3N2. The molecule has 0 aromatic carbocycles. The van der Waals surface area contributed by atoms with Crippen molar-refractivity contribution < 1.29 is 13.2 Å². The summed E-state index contributed by atoms with van der Waals surface area (Å²) in [5, 5.41) is 2.67. The van der Waals surface area contributed by atoms with Crippen LogP contribution in [0, 0.1) is 5.92 Å². The third kappa shape index (κ3) is 6.05. The van der Waals surface area contributed by atoms with E-state index >= 15 is 0 Å². The van der Waals surface area contributed by atoms with Crippen molar-refractivity contribution >= 4 is 0 Å². The monoisotopic (exact) mass is 266 g/mol. The van der Waals surface area contributed by atoms with Crippen LogP contribution in [0.1, 0.15) is 39.5 Å². The van der Waals surface area contributed by atoms with E-state index in [-0.39, 0.29) is 6.04 Å². The normalized spacial score (nSPS) is 26.5. The first-order valence-electron chi connectivity index (χ1n) is 6.97. The van der Waals surface area contributed by atoms with Crippen LogP contribution >= 0.6 is 0 Å². The first kappa shape index (κ1) is 15.8. The Morgan fingerprint density at radius 1 is 1.22 bits per heavy atom. The van der Waals surface area contributed by atoms with Crippen LogP contribution in [0.3, 0.4) is 0 Å². The van der Waals surface area contributed by atoms with Crippen LogP contribution in [0.5, 0.6) is 0 Å². The number of unbranched alkanes of at least 4 members (excludes halogenated alkanes) is 1. The SMILES string of the molecule is CCCCC1CC(NCC(F)(F)F)CN(CC)C1. The second-order valence-electron chi connectivity index (χ2n) is 5.29. The Labute approximate surface area is 108 Å². The van der Waals surface area contributed by atoms with Gasteiger partial charge < -0.3 is 10.2 Å². The molecule has 0 aliphatic carbocycles. The summed E-state index contributed by atoms with van der Waals surface area (Å²) < 4.78 is 36.6. The summed E-state index contributed by atoms with van der Waals surface area (Å²) in [6, 6.07) is -0.0119. The molecule has 0 aromatic rings. The van der Waals surface area contributed by atoms with Crippen LogP contribution in [0.15, 0.2) is 0 Å². The maximum absolute atomic E-state index is 12.2. The molecule has 0 bridgehead atoms. The van der Waals surface area contributed by atoms with Gasteiger partial charge in [-0.1, -0.05) is 26.7 Å². The molecule has 1 fully saturated rings. The first-order chi connectivity index (χ1) is 8.44. The molecule has 18 heavy (non-hydrogen) atoms. The lowest BCUT2D eigenvalue weighted by Gasteiger charge is -2.38. The molecule has 1 saturated heterocycles. The van der Waals surface area contributed by atoms with Crippen molar-refractivity contribution in [2.24, 2.45) is 5.92 Å². The maximum atomic E-state index is 12.2. The number of halogens is 3. The quantitative estimate of drug-likeness (QED) is 0.795. The van der Waals surface area contributed by atoms with Gasteiger partial charge in [0.15, 0.2) is 0 Å². The predicted molar refractivity (Wildman–Crippen MR) is 67.6 cm³/mol. The number of hydrogen-bond acceptors (Lipinski definition) is 2. The van der Waals surface area contributed by atoms with Gasteiger partial charge in [0.05, 0.1) is 6.54 Å². The molecular weight excluding hydrogens is 241 g/mol. The average molecular weight is 266 g/mol. The van der Waals surface area contributed by atoms with Gasteiger partial charge in [0.25, 0.3) is 0 Å². The molecule has 0 aromatic heterocycles. The molecule has 1 aliphatic heterocycles. The topological polar surface area (TPSA) is 15.3 Å². The molecule has 2 atom stereocenters. The summed E-state index contributed by atoms with van der Waals surface area (Å²) in [5.41, 5.74) is 0. The van der Waals surface area contributed by atoms with Gasteiger partial charge in [0.1, 0.15) is 0 Å². The highest BCUT2D eigenvalue weighted by atomic mass is 19.4. The largest absolute Gasteiger partial charge is 0.401 e. The van der Waals surface area contributed by atoms with Crippen LogP contribution in [0.2, 0.25) is 0 Å². The predicted octanol–water partition coefficient (Wildman–Crippen LogP) is 3.04. The lowest BCUT2D eigenvalue weighted by molar-refractivity contribution is -0.127. The van der Waals surface area contributed by atoms with Crippen LogP contribution in [-0.4, -0.2) is 43.3 Å². The Hall–Kier alpha value is -0.290. The Morgan fingerprint density at radius 2 is 1.94 bits per heavy atom. The van der Waals surface area contributed by atoms with E-state index in [9.17, 15) is 13.2 Å². The maximum Gasteiger partial charge on any atom is 0.401 e. The summed E-state index contributed by atoms with van der Waals surface area (Å²) in [7, 11) is 0. The molecule has 0 radical (unpaired) electrons. The van der Waals surface area contributed by atoms with Crippen LogP contribution in [0.25, 0.3) is 0 Å². The summed E-state index contributed by atoms with van der Waals surface area (Å²) in [5.74, 6) is 0.546. The molecule has 2 unspecified atom stereocenters. The van der Waals surface area contributed by atoms with Gasteiger partial charge in [-0.2, -0.15) is 13.2 Å². The second kappa shape index (κ2) is 7.34. The number of alkyl halides is 3. The molecule has 1 heterocycles. The standard InChI is InChI=1S/C13H25F3N2/c1-3-5-6-11-7-12(9-18(4-2)8-11)17-10-13(14,15)16/h11-12,17H,3-10H2,1-2H3. The Morgan fingerprint density at radius 3 is 2.50 bits per heavy atom. The number of likely N-dealkylation sites (tertiary alicyclic amines) is 1. The van der Waals surface area contributed by atoms with Crippen molar-refractivity contribution in [1.82, 2.24) is 10.2 Å². The number of nitrogens with zero attached hydrogens (tertiary/aromatic N) is 1. The highest BCUT2D eigenvalue weighted by Crippen LogP contribution is 2.23. The fourth-order valence-corrected chi connectivity index (χ4v) is 2.67. The van der Waals surface area contributed by atoms with E-state index < -0.39 is 12.7 Å². The molecule has 0 saturated carbocycles. The van der Waals surface area contributed by atoms with Gasteiger partial charge >= 0.3 is 6.18 Å². The fraction of sp³-hybridized carbons (Fsp3) is 1.00. The lowest BCUT2D eigenvalue weighted by atomic mass is 9.90. The zero-order valence-corrected chi connectivity index (χ0v) is 11.4. The Kier molecular flexibility index (Phi) is 6.43. The van der Waals surface area contributed by atoms with Crippen molar-refractivity contribution in [2.75, 3.05) is 26.2 Å². The molecule has 0 amide bonds. The lowest BCUT2D eigenvalue weighted by Crippen LogP contribution is -2.50. The van der Waals surface area contributed by atoms with E-state index in [0.717, 1.165) is 38.9 Å². The van der Waals surface area contributed by atoms with Crippen molar-refractivity contribution in [2.45, 2.75) is 51.7 Å². The highest BCUT2D eigenvalue weighted by molar-refractivity contribution is 4.83. The van der Waals surface area contributed by atoms with Crippen LogP contribution < -0.4 is 5.32 Å². The van der Waals surface area contributed by atoms with Gasteiger partial charge in [-0.3, -0.25) is 0 Å². The van der Waals surface area contributed by atoms with Gasteiger partial charge in [0, 0.05) is 19.1 Å². The second-order valence-corrected chi connectivity index (χ2v) is 5.29. The number of rotatable bonds is 6. The summed E-state index contributed by atoms with van der Waals surface area (Å²) in [4.78, 5) is 2.26. The van der Waals surface area contributed by atoms with Gasteiger partial charge in [-0.15, -0.1) is 0 Å². The average Bonchev–Trinajstić information content (AvgIpc) is 2.32. The van der Waals surface area contributed by atoms with Gasteiger partial charge in [-0.25, -0.2) is 0 Å². The minimum absolute atomic E-state index is 0.0119. The van der Waals surface area contributed by atoms with E-state index in [1.165, 1.54) is 6.42 Å². The first-order valence-corrected chi connectivity index (χ1v) is 6.97. The third-order valence-electron chi connectivity index (χ3n) is 3.62. The third-order valence-corrected chi connectivity index (χ3v) is 3.62. The molecule has 1 N–H and O–H groups in total. The molecule has 108 valence electrons. The zero-order valence-electron chi connectivity index (χ0n) is 11.4. The fourth-order valence-electron chi connectivity index (χ4n) is 2.67. The number of hydrogen-bond donors (Lipinski definition) is 1. The van der Waals surface area contributed by atoms with Crippen molar-refractivity contribution in [3.8, 4) is 0 Å². The molecule has 1 rings (SSSR count). The molecule has 2 nitrogen and oxygen atoms in total. The number of piperidine rings is 1. The van der Waals surface area contributed by atoms with Gasteiger partial charge in [0.2, 0.25) is 0 Å². The zero-order chi connectivity index (χ0) is 13.6. The Bertz CT molecular complexity index is 231. The minimum Gasteiger partial charge on any atom is -0.305 e. The molecule has 1 aliphatic rings. The summed E-state index contributed by atoms with van der Waals surface area (Å²) in [6.07, 6.45) is 0.245. The van der Waals surface area contributed by atoms with Gasteiger partial charge in [-0.05, 0) is 25.3 Å². The summed E-state index contributed by atoms with van der Waals surface area (Å²) >= 11 is 0. The van der Waals surface area contributed by atoms with Crippen LogP contribution in [-0.2, 0) is 0 Å². The number of likely N-dealkylation sites (N-methyl/N-ethyl adjacent to an activating group) is 1. The smallest absolute Gasteiger partial charge is 0.305 e. The van der Waals surface area contributed by atoms with E-state index in [2.05, 4.69) is 24.1 Å². The summed E-state index contributed by atoms with van der Waals surface area (Å²) in [6.45, 7) is 6.07. The Balaban J connectivity index is 2.41. The number of nitrogens with one attached hydrogen (secondary N) is 1. The van der Waals surface area contributed by atoms with E-state index in [1.807, 2.05) is 0 Å². The van der Waals surface area contributed by atoms with E-state index in [1.54, 1.807) is 0 Å².